The van der Waals surface area contributed by atoms with Gasteiger partial charge in [0.2, 0.25) is 0 Å². The summed E-state index contributed by atoms with van der Waals surface area (Å²) in [5.41, 5.74) is 2.35. The lowest BCUT2D eigenvalue weighted by atomic mass is 9.73. The van der Waals surface area contributed by atoms with E-state index in [4.69, 9.17) is 0 Å². The van der Waals surface area contributed by atoms with Crippen LogP contribution in [0.4, 0.5) is 4.79 Å². The summed E-state index contributed by atoms with van der Waals surface area (Å²) < 4.78 is 0. The number of carbonyl (C=O) groups is 3. The summed E-state index contributed by atoms with van der Waals surface area (Å²) >= 11 is 0. The Balaban J connectivity index is 1.52. The maximum Gasteiger partial charge on any atom is 0.325 e. The molecular weight excluding hydrogens is 328 g/mol. The molecule has 5 nitrogen and oxygen atoms in total. The Morgan fingerprint density at radius 3 is 2.69 bits per heavy atom. The smallest absolute Gasteiger partial charge is 0.323 e. The molecule has 1 aromatic carbocycles. The lowest BCUT2D eigenvalue weighted by molar-refractivity contribution is -0.133. The van der Waals surface area contributed by atoms with E-state index < -0.39 is 11.6 Å². The SMILES string of the molecule is C[C@H]1CCCC[C@]12NC(=O)N(CC(=O)c1ccc3c(c1)CCCC3)C2=O. The molecule has 0 radical (unpaired) electrons. The van der Waals surface area contributed by atoms with Crippen LogP contribution in [0.25, 0.3) is 0 Å². The largest absolute Gasteiger partial charge is 0.325 e. The summed E-state index contributed by atoms with van der Waals surface area (Å²) in [5, 5.41) is 2.91. The zero-order valence-electron chi connectivity index (χ0n) is 15.3. The highest BCUT2D eigenvalue weighted by atomic mass is 16.2. The van der Waals surface area contributed by atoms with E-state index in [1.165, 1.54) is 17.5 Å². The van der Waals surface area contributed by atoms with Crippen molar-refractivity contribution in [3.05, 3.63) is 34.9 Å². The van der Waals surface area contributed by atoms with Gasteiger partial charge in [-0.05, 0) is 61.6 Å². The van der Waals surface area contributed by atoms with Crippen LogP contribution in [0.2, 0.25) is 0 Å². The molecule has 3 aliphatic rings. The van der Waals surface area contributed by atoms with Crippen molar-refractivity contribution in [1.82, 2.24) is 10.2 Å². The van der Waals surface area contributed by atoms with E-state index in [0.29, 0.717) is 12.0 Å². The number of amides is 3. The van der Waals surface area contributed by atoms with Crippen LogP contribution >= 0.6 is 0 Å². The fraction of sp³-hybridized carbons (Fsp3) is 0.571. The molecule has 2 fully saturated rings. The summed E-state index contributed by atoms with van der Waals surface area (Å²) in [5.74, 6) is -0.278. The number of imide groups is 1. The third-order valence-corrected chi connectivity index (χ3v) is 6.47. The first kappa shape index (κ1) is 17.3. The number of rotatable bonds is 3. The number of ketones is 1. The first-order chi connectivity index (χ1) is 12.5. The van der Waals surface area contributed by atoms with Gasteiger partial charge in [0, 0.05) is 5.56 Å². The van der Waals surface area contributed by atoms with Crippen LogP contribution in [0, 0.1) is 5.92 Å². The fourth-order valence-corrected chi connectivity index (χ4v) is 4.78. The molecular formula is C21H26N2O3. The molecule has 1 aromatic rings. The number of carbonyl (C=O) groups excluding carboxylic acids is 3. The van der Waals surface area contributed by atoms with Crippen molar-refractivity contribution in [2.24, 2.45) is 5.92 Å². The van der Waals surface area contributed by atoms with Crippen LogP contribution in [-0.4, -0.2) is 34.7 Å². The van der Waals surface area contributed by atoms with Gasteiger partial charge in [-0.3, -0.25) is 14.5 Å². The Hall–Kier alpha value is -2.17. The summed E-state index contributed by atoms with van der Waals surface area (Å²) in [6.07, 6.45) is 8.03. The summed E-state index contributed by atoms with van der Waals surface area (Å²) in [6, 6.07) is 5.39. The molecule has 1 saturated heterocycles. The van der Waals surface area contributed by atoms with E-state index in [2.05, 4.69) is 5.32 Å². The van der Waals surface area contributed by atoms with Gasteiger partial charge < -0.3 is 5.32 Å². The van der Waals surface area contributed by atoms with E-state index in [1.807, 2.05) is 25.1 Å². The van der Waals surface area contributed by atoms with Gasteiger partial charge in [0.15, 0.2) is 5.78 Å². The molecule has 1 saturated carbocycles. The molecule has 26 heavy (non-hydrogen) atoms. The zero-order chi connectivity index (χ0) is 18.3. The first-order valence-electron chi connectivity index (χ1n) is 9.80. The topological polar surface area (TPSA) is 66.5 Å². The standard InChI is InChI=1S/C21H26N2O3/c1-14-6-4-5-11-21(14)19(25)23(20(26)22-21)13-18(24)17-10-9-15-7-2-3-8-16(15)12-17/h9-10,12,14H,2-8,11,13H2,1H3,(H,22,26)/t14-,21-/m0/s1. The van der Waals surface area contributed by atoms with Crippen molar-refractivity contribution in [1.29, 1.82) is 0 Å². The van der Waals surface area contributed by atoms with Gasteiger partial charge in [0.05, 0.1) is 6.54 Å². The van der Waals surface area contributed by atoms with Gasteiger partial charge in [0.1, 0.15) is 5.54 Å². The average molecular weight is 354 g/mol. The van der Waals surface area contributed by atoms with E-state index in [-0.39, 0.29) is 24.2 Å². The van der Waals surface area contributed by atoms with E-state index in [1.54, 1.807) is 0 Å². The van der Waals surface area contributed by atoms with Crippen molar-refractivity contribution >= 4 is 17.7 Å². The molecule has 0 unspecified atom stereocenters. The molecule has 1 N–H and O–H groups in total. The fourth-order valence-electron chi connectivity index (χ4n) is 4.78. The molecule has 3 amide bonds. The van der Waals surface area contributed by atoms with Crippen LogP contribution in [0.15, 0.2) is 18.2 Å². The second-order valence-corrected chi connectivity index (χ2v) is 8.05. The van der Waals surface area contributed by atoms with Crippen molar-refractivity contribution < 1.29 is 14.4 Å². The monoisotopic (exact) mass is 354 g/mol. The summed E-state index contributed by atoms with van der Waals surface area (Å²) in [4.78, 5) is 39.3. The number of hydrogen-bond donors (Lipinski definition) is 1. The molecule has 2 aliphatic carbocycles. The molecule has 0 bridgehead atoms. The van der Waals surface area contributed by atoms with Crippen molar-refractivity contribution in [2.45, 2.75) is 63.8 Å². The van der Waals surface area contributed by atoms with Gasteiger partial charge in [0.25, 0.3) is 5.91 Å². The molecule has 0 aromatic heterocycles. The first-order valence-corrected chi connectivity index (χ1v) is 9.80. The Morgan fingerprint density at radius 2 is 1.92 bits per heavy atom. The maximum absolute atomic E-state index is 13.0. The number of urea groups is 1. The van der Waals surface area contributed by atoms with Gasteiger partial charge in [-0.15, -0.1) is 0 Å². The minimum Gasteiger partial charge on any atom is -0.323 e. The average Bonchev–Trinajstić information content (AvgIpc) is 2.89. The van der Waals surface area contributed by atoms with Gasteiger partial charge in [-0.2, -0.15) is 0 Å². The number of fused-ring (bicyclic) bond motifs is 1. The van der Waals surface area contributed by atoms with Crippen molar-refractivity contribution in [3.8, 4) is 0 Å². The lowest BCUT2D eigenvalue weighted by Crippen LogP contribution is -2.54. The Morgan fingerprint density at radius 1 is 1.15 bits per heavy atom. The Bertz CT molecular complexity index is 773. The predicted molar refractivity (Wildman–Crippen MR) is 98.0 cm³/mol. The van der Waals surface area contributed by atoms with Crippen LogP contribution in [0.1, 0.15) is 66.9 Å². The van der Waals surface area contributed by atoms with Crippen LogP contribution < -0.4 is 5.32 Å². The molecule has 5 heteroatoms. The summed E-state index contributed by atoms with van der Waals surface area (Å²) in [7, 11) is 0. The number of aryl methyl sites for hydroxylation is 2. The van der Waals surface area contributed by atoms with E-state index in [9.17, 15) is 14.4 Å². The van der Waals surface area contributed by atoms with E-state index >= 15 is 0 Å². The van der Waals surface area contributed by atoms with Crippen molar-refractivity contribution in [3.63, 3.8) is 0 Å². The number of nitrogens with one attached hydrogen (secondary N) is 1. The minimum absolute atomic E-state index is 0.108. The zero-order valence-corrected chi connectivity index (χ0v) is 15.3. The Kier molecular flexibility index (Phi) is 4.33. The highest BCUT2D eigenvalue weighted by Gasteiger charge is 2.55. The predicted octanol–water partition coefficient (Wildman–Crippen LogP) is 3.25. The molecule has 138 valence electrons. The van der Waals surface area contributed by atoms with Crippen LogP contribution in [0.5, 0.6) is 0 Å². The molecule has 1 spiro atoms. The molecule has 2 atom stereocenters. The normalized spacial score (nSPS) is 28.2. The number of hydrogen-bond acceptors (Lipinski definition) is 3. The molecule has 1 heterocycles. The lowest BCUT2D eigenvalue weighted by Gasteiger charge is -2.36. The second-order valence-electron chi connectivity index (χ2n) is 8.05. The molecule has 4 rings (SSSR count). The van der Waals surface area contributed by atoms with Gasteiger partial charge in [-0.1, -0.05) is 31.9 Å². The number of benzene rings is 1. The van der Waals surface area contributed by atoms with Gasteiger partial charge in [-0.25, -0.2) is 4.79 Å². The summed E-state index contributed by atoms with van der Waals surface area (Å²) in [6.45, 7) is 1.85. The van der Waals surface area contributed by atoms with Crippen LogP contribution in [0.3, 0.4) is 0 Å². The number of Topliss-reactive ketones (excluding diaryl/α,β-unsaturated/α-hetero) is 1. The molecule has 1 aliphatic heterocycles. The highest BCUT2D eigenvalue weighted by molar-refractivity contribution is 6.11. The minimum atomic E-state index is -0.800. The quantitative estimate of drug-likeness (QED) is 0.669. The van der Waals surface area contributed by atoms with E-state index in [0.717, 1.165) is 43.4 Å². The third-order valence-electron chi connectivity index (χ3n) is 6.47. The third kappa shape index (κ3) is 2.74. The maximum atomic E-state index is 13.0. The van der Waals surface area contributed by atoms with Crippen LogP contribution in [-0.2, 0) is 17.6 Å². The van der Waals surface area contributed by atoms with Gasteiger partial charge >= 0.3 is 6.03 Å². The van der Waals surface area contributed by atoms with Crippen molar-refractivity contribution in [2.75, 3.05) is 6.54 Å². The highest BCUT2D eigenvalue weighted by Crippen LogP contribution is 2.38. The Labute approximate surface area is 154 Å². The second kappa shape index (κ2) is 6.53. The number of nitrogens with zero attached hydrogens (tertiary/aromatic N) is 1.